The molecule has 2 heterocycles. The van der Waals surface area contributed by atoms with E-state index in [2.05, 4.69) is 15.6 Å². The van der Waals surface area contributed by atoms with Gasteiger partial charge in [0.05, 0.1) is 11.1 Å². The molecule has 0 saturated carbocycles. The molecule has 0 aliphatic carbocycles. The molecule has 3 rings (SSSR count). The second-order valence-corrected chi connectivity index (χ2v) is 7.69. The standard InChI is InChI=1S/C19H15Cl2F5N4O2/c1-8-17(31)27-4-5-30(8)18(32)29-15(10-2-3-12(22)13(21)14(10)23)9-6-11(20)16(28-7-9)19(24,25)26/h2-3,6-8,15H,4-5H2,1H3,(H,27,31)(H,29,32)/t8-,15-/m1/s1. The summed E-state index contributed by atoms with van der Waals surface area (Å²) in [5.74, 6) is -2.71. The van der Waals surface area contributed by atoms with E-state index >= 15 is 0 Å². The number of carbonyl (C=O) groups excluding carboxylic acids is 2. The number of amides is 3. The molecule has 172 valence electrons. The lowest BCUT2D eigenvalue weighted by Crippen LogP contribution is -2.58. The summed E-state index contributed by atoms with van der Waals surface area (Å²) in [7, 11) is 0. The third-order valence-electron chi connectivity index (χ3n) is 4.87. The zero-order valence-electron chi connectivity index (χ0n) is 16.2. The average Bonchev–Trinajstić information content (AvgIpc) is 2.71. The summed E-state index contributed by atoms with van der Waals surface area (Å²) in [6.07, 6.45) is -4.07. The normalized spacial score (nSPS) is 17.7. The van der Waals surface area contributed by atoms with Crippen LogP contribution >= 0.6 is 23.2 Å². The Balaban J connectivity index is 2.05. The number of nitrogens with one attached hydrogen (secondary N) is 2. The summed E-state index contributed by atoms with van der Waals surface area (Å²) in [5, 5.41) is 3.37. The van der Waals surface area contributed by atoms with Gasteiger partial charge < -0.3 is 15.5 Å². The van der Waals surface area contributed by atoms with Gasteiger partial charge in [-0.1, -0.05) is 29.3 Å². The van der Waals surface area contributed by atoms with Crippen LogP contribution in [0.4, 0.5) is 26.7 Å². The van der Waals surface area contributed by atoms with E-state index in [0.29, 0.717) is 0 Å². The van der Waals surface area contributed by atoms with E-state index in [-0.39, 0.29) is 24.2 Å². The van der Waals surface area contributed by atoms with E-state index in [0.717, 1.165) is 29.3 Å². The summed E-state index contributed by atoms with van der Waals surface area (Å²) in [6, 6.07) is -0.417. The monoisotopic (exact) mass is 496 g/mol. The van der Waals surface area contributed by atoms with Gasteiger partial charge in [-0.25, -0.2) is 18.6 Å². The lowest BCUT2D eigenvalue weighted by atomic mass is 9.99. The van der Waals surface area contributed by atoms with Crippen LogP contribution in [0.2, 0.25) is 10.0 Å². The molecule has 6 nitrogen and oxygen atoms in total. The molecule has 32 heavy (non-hydrogen) atoms. The molecule has 0 radical (unpaired) electrons. The van der Waals surface area contributed by atoms with Crippen LogP contribution in [0.3, 0.4) is 0 Å². The minimum Gasteiger partial charge on any atom is -0.353 e. The fraction of sp³-hybridized carbons (Fsp3) is 0.316. The topological polar surface area (TPSA) is 74.3 Å². The van der Waals surface area contributed by atoms with Crippen molar-refractivity contribution in [3.8, 4) is 0 Å². The highest BCUT2D eigenvalue weighted by Crippen LogP contribution is 2.36. The van der Waals surface area contributed by atoms with Crippen molar-refractivity contribution in [3.05, 3.63) is 62.9 Å². The molecular weight excluding hydrogens is 482 g/mol. The highest BCUT2D eigenvalue weighted by Gasteiger charge is 2.37. The van der Waals surface area contributed by atoms with Crippen LogP contribution in [0.15, 0.2) is 24.4 Å². The number of urea groups is 1. The summed E-state index contributed by atoms with van der Waals surface area (Å²) >= 11 is 11.4. The van der Waals surface area contributed by atoms with E-state index in [4.69, 9.17) is 23.2 Å². The smallest absolute Gasteiger partial charge is 0.353 e. The van der Waals surface area contributed by atoms with Crippen molar-refractivity contribution in [2.45, 2.75) is 25.2 Å². The highest BCUT2D eigenvalue weighted by atomic mass is 35.5. The molecule has 1 saturated heterocycles. The SMILES string of the molecule is C[C@@H]1C(=O)NCCN1C(=O)N[C@H](c1cnc(C(F)(F)F)c(Cl)c1)c1ccc(F)c(Cl)c1F. The van der Waals surface area contributed by atoms with E-state index in [9.17, 15) is 31.5 Å². The number of hydrogen-bond acceptors (Lipinski definition) is 3. The van der Waals surface area contributed by atoms with Crippen molar-refractivity contribution < 1.29 is 31.5 Å². The molecule has 2 atom stereocenters. The average molecular weight is 497 g/mol. The molecular formula is C19H15Cl2F5N4O2. The highest BCUT2D eigenvalue weighted by molar-refractivity contribution is 6.31. The van der Waals surface area contributed by atoms with Gasteiger partial charge in [-0.3, -0.25) is 4.79 Å². The van der Waals surface area contributed by atoms with Crippen molar-refractivity contribution >= 4 is 35.1 Å². The van der Waals surface area contributed by atoms with Gasteiger partial charge >= 0.3 is 12.2 Å². The first-order valence-electron chi connectivity index (χ1n) is 9.12. The van der Waals surface area contributed by atoms with Gasteiger partial charge in [0.1, 0.15) is 22.7 Å². The number of halogens is 7. The van der Waals surface area contributed by atoms with Gasteiger partial charge in [-0.2, -0.15) is 13.2 Å². The minimum atomic E-state index is -4.84. The molecule has 1 aromatic heterocycles. The molecule has 3 amide bonds. The van der Waals surface area contributed by atoms with Gasteiger partial charge in [0, 0.05) is 24.8 Å². The molecule has 0 bridgehead atoms. The summed E-state index contributed by atoms with van der Waals surface area (Å²) in [5.41, 5.74) is -1.82. The largest absolute Gasteiger partial charge is 0.434 e. The summed E-state index contributed by atoms with van der Waals surface area (Å²) in [4.78, 5) is 29.2. The first-order chi connectivity index (χ1) is 14.9. The predicted octanol–water partition coefficient (Wildman–Crippen LogP) is 4.30. The Morgan fingerprint density at radius 1 is 1.31 bits per heavy atom. The number of benzene rings is 1. The second kappa shape index (κ2) is 9.07. The van der Waals surface area contributed by atoms with Crippen LogP contribution in [-0.4, -0.2) is 41.0 Å². The Kier molecular flexibility index (Phi) is 6.80. The van der Waals surface area contributed by atoms with Crippen molar-refractivity contribution in [1.29, 1.82) is 0 Å². The maximum Gasteiger partial charge on any atom is 0.434 e. The Morgan fingerprint density at radius 3 is 2.62 bits per heavy atom. The molecule has 0 spiro atoms. The minimum absolute atomic E-state index is 0.118. The van der Waals surface area contributed by atoms with E-state index in [1.807, 2.05) is 0 Å². The van der Waals surface area contributed by atoms with Crippen LogP contribution in [0.25, 0.3) is 0 Å². The molecule has 2 N–H and O–H groups in total. The number of nitrogens with zero attached hydrogens (tertiary/aromatic N) is 2. The maximum atomic E-state index is 14.8. The van der Waals surface area contributed by atoms with Gasteiger partial charge in [0.15, 0.2) is 5.69 Å². The second-order valence-electron chi connectivity index (χ2n) is 6.90. The van der Waals surface area contributed by atoms with E-state index in [1.54, 1.807) is 0 Å². The Labute approximate surface area is 188 Å². The quantitative estimate of drug-likeness (QED) is 0.491. The Morgan fingerprint density at radius 2 is 2.00 bits per heavy atom. The van der Waals surface area contributed by atoms with Crippen molar-refractivity contribution in [2.75, 3.05) is 13.1 Å². The van der Waals surface area contributed by atoms with Crippen LogP contribution in [0.1, 0.15) is 29.8 Å². The fourth-order valence-corrected chi connectivity index (χ4v) is 3.64. The number of hydrogen-bond donors (Lipinski definition) is 2. The zero-order chi connectivity index (χ0) is 23.8. The third-order valence-corrected chi connectivity index (χ3v) is 5.50. The van der Waals surface area contributed by atoms with Crippen molar-refractivity contribution in [3.63, 3.8) is 0 Å². The predicted molar refractivity (Wildman–Crippen MR) is 105 cm³/mol. The van der Waals surface area contributed by atoms with Crippen molar-refractivity contribution in [2.24, 2.45) is 0 Å². The molecule has 2 aromatic rings. The zero-order valence-corrected chi connectivity index (χ0v) is 17.7. The lowest BCUT2D eigenvalue weighted by molar-refractivity contribution is -0.141. The number of piperazine rings is 1. The molecule has 13 heteroatoms. The Hall–Kier alpha value is -2.66. The first-order valence-corrected chi connectivity index (χ1v) is 9.88. The number of rotatable bonds is 3. The van der Waals surface area contributed by atoms with E-state index < -0.39 is 57.6 Å². The number of aromatic nitrogens is 1. The molecule has 1 fully saturated rings. The van der Waals surface area contributed by atoms with Crippen molar-refractivity contribution in [1.82, 2.24) is 20.5 Å². The maximum absolute atomic E-state index is 14.8. The van der Waals surface area contributed by atoms with Gasteiger partial charge in [0.2, 0.25) is 5.91 Å². The van der Waals surface area contributed by atoms with Crippen LogP contribution in [-0.2, 0) is 11.0 Å². The fourth-order valence-electron chi connectivity index (χ4n) is 3.19. The van der Waals surface area contributed by atoms with Crippen LogP contribution in [0.5, 0.6) is 0 Å². The number of alkyl halides is 3. The summed E-state index contributed by atoms with van der Waals surface area (Å²) < 4.78 is 67.5. The van der Waals surface area contributed by atoms with Crippen LogP contribution in [0, 0.1) is 11.6 Å². The van der Waals surface area contributed by atoms with Gasteiger partial charge in [-0.05, 0) is 24.6 Å². The number of pyridine rings is 1. The van der Waals surface area contributed by atoms with E-state index in [1.165, 1.54) is 6.92 Å². The number of carbonyl (C=O) groups is 2. The first kappa shape index (κ1) is 24.0. The van der Waals surface area contributed by atoms with Crippen LogP contribution < -0.4 is 10.6 Å². The molecule has 1 aliphatic rings. The summed E-state index contributed by atoms with van der Waals surface area (Å²) in [6.45, 7) is 1.77. The van der Waals surface area contributed by atoms with Gasteiger partial charge in [0.25, 0.3) is 0 Å². The molecule has 1 aromatic carbocycles. The molecule has 1 aliphatic heterocycles. The molecule has 0 unspecified atom stereocenters. The third kappa shape index (κ3) is 4.73. The Bertz CT molecular complexity index is 1070. The lowest BCUT2D eigenvalue weighted by Gasteiger charge is -2.34. The van der Waals surface area contributed by atoms with Gasteiger partial charge in [-0.15, -0.1) is 0 Å².